The number of methoxy groups -OCH3 is 1. The Morgan fingerprint density at radius 1 is 1.12 bits per heavy atom. The Hall–Kier alpha value is -1.92. The van der Waals surface area contributed by atoms with E-state index in [9.17, 15) is 0 Å². The van der Waals surface area contributed by atoms with Crippen LogP contribution in [0.2, 0.25) is 5.02 Å². The molecule has 4 atom stereocenters. The van der Waals surface area contributed by atoms with Crippen molar-refractivity contribution in [3.63, 3.8) is 0 Å². The number of pyridine rings is 1. The van der Waals surface area contributed by atoms with Gasteiger partial charge in [0.05, 0.1) is 29.6 Å². The predicted molar refractivity (Wildman–Crippen MR) is 97.9 cm³/mol. The van der Waals surface area contributed by atoms with Gasteiger partial charge in [0.2, 0.25) is 5.95 Å². The maximum atomic E-state index is 5.90. The summed E-state index contributed by atoms with van der Waals surface area (Å²) >= 11 is 5.90. The summed E-state index contributed by atoms with van der Waals surface area (Å²) in [5.74, 6) is 2.88. The van der Waals surface area contributed by atoms with E-state index in [1.54, 1.807) is 19.5 Å². The van der Waals surface area contributed by atoms with Crippen LogP contribution >= 0.6 is 11.6 Å². The molecule has 0 unspecified atom stereocenters. The fraction of sp³-hybridized carbons (Fsp3) is 0.500. The molecule has 2 aliphatic rings. The maximum absolute atomic E-state index is 5.90. The Morgan fingerprint density at radius 2 is 1.88 bits per heavy atom. The number of ether oxygens (including phenoxy) is 1. The fourth-order valence-corrected chi connectivity index (χ4v) is 4.19. The standard InChI is InChI=1S/C18H22ClN5O/c1-25-16-7-13-11-24(18-21-8-14(19)9-22-18)10-12(13)6-15(16)23-17-4-2-3-5-20-17/h2-5,8-9,12-13,15-16H,6-7,10-11H2,1H3,(H,20,23)/t12-,13+,15-,16-/m1/s1. The highest BCUT2D eigenvalue weighted by molar-refractivity contribution is 6.30. The van der Waals surface area contributed by atoms with Gasteiger partial charge in [-0.05, 0) is 36.8 Å². The van der Waals surface area contributed by atoms with Crippen molar-refractivity contribution in [1.82, 2.24) is 15.0 Å². The molecule has 0 amide bonds. The lowest BCUT2D eigenvalue weighted by molar-refractivity contribution is 0.0305. The molecular weight excluding hydrogens is 338 g/mol. The van der Waals surface area contributed by atoms with Gasteiger partial charge >= 0.3 is 0 Å². The van der Waals surface area contributed by atoms with Crippen LogP contribution in [0.3, 0.4) is 0 Å². The van der Waals surface area contributed by atoms with Crippen molar-refractivity contribution in [2.45, 2.75) is 25.0 Å². The molecule has 2 aromatic heterocycles. The highest BCUT2D eigenvalue weighted by atomic mass is 35.5. The van der Waals surface area contributed by atoms with Crippen LogP contribution in [0.4, 0.5) is 11.8 Å². The molecule has 0 spiro atoms. The van der Waals surface area contributed by atoms with Gasteiger partial charge in [-0.1, -0.05) is 17.7 Å². The van der Waals surface area contributed by atoms with Gasteiger partial charge in [0.15, 0.2) is 0 Å². The largest absolute Gasteiger partial charge is 0.379 e. The van der Waals surface area contributed by atoms with Gasteiger partial charge in [-0.15, -0.1) is 0 Å². The summed E-state index contributed by atoms with van der Waals surface area (Å²) in [4.78, 5) is 15.4. The Morgan fingerprint density at radius 3 is 2.56 bits per heavy atom. The van der Waals surface area contributed by atoms with Gasteiger partial charge in [-0.2, -0.15) is 0 Å². The third kappa shape index (κ3) is 3.55. The molecule has 1 saturated carbocycles. The van der Waals surface area contributed by atoms with Crippen LogP contribution in [0.25, 0.3) is 0 Å². The normalized spacial score (nSPS) is 28.6. The number of anilines is 2. The molecule has 0 bridgehead atoms. The van der Waals surface area contributed by atoms with Gasteiger partial charge in [0, 0.05) is 26.4 Å². The predicted octanol–water partition coefficient (Wildman–Crippen LogP) is 2.87. The molecule has 1 saturated heterocycles. The number of halogens is 1. The second kappa shape index (κ2) is 7.14. The lowest BCUT2D eigenvalue weighted by Crippen LogP contribution is -2.44. The number of nitrogens with one attached hydrogen (secondary N) is 1. The molecule has 0 radical (unpaired) electrons. The minimum absolute atomic E-state index is 0.189. The minimum atomic E-state index is 0.189. The van der Waals surface area contributed by atoms with Crippen LogP contribution in [-0.4, -0.2) is 47.3 Å². The first-order valence-corrected chi connectivity index (χ1v) is 9.03. The van der Waals surface area contributed by atoms with E-state index < -0.39 is 0 Å². The van der Waals surface area contributed by atoms with Crippen molar-refractivity contribution in [1.29, 1.82) is 0 Å². The second-order valence-corrected chi connectivity index (χ2v) is 7.27. The number of rotatable bonds is 4. The highest BCUT2D eigenvalue weighted by Crippen LogP contribution is 2.39. The van der Waals surface area contributed by atoms with Gasteiger partial charge in [0.1, 0.15) is 5.82 Å². The Kier molecular flexibility index (Phi) is 4.72. The average molecular weight is 360 g/mol. The zero-order chi connectivity index (χ0) is 17.2. The Labute approximate surface area is 152 Å². The minimum Gasteiger partial charge on any atom is -0.379 e. The molecule has 1 aliphatic heterocycles. The van der Waals surface area contributed by atoms with E-state index in [0.717, 1.165) is 37.7 Å². The first-order chi connectivity index (χ1) is 12.2. The second-order valence-electron chi connectivity index (χ2n) is 6.84. The molecule has 6 nitrogen and oxygen atoms in total. The summed E-state index contributed by atoms with van der Waals surface area (Å²) in [6, 6.07) is 6.20. The van der Waals surface area contributed by atoms with Crippen LogP contribution in [0.1, 0.15) is 12.8 Å². The first-order valence-electron chi connectivity index (χ1n) is 8.66. The smallest absolute Gasteiger partial charge is 0.225 e. The van der Waals surface area contributed by atoms with Crippen LogP contribution < -0.4 is 10.2 Å². The quantitative estimate of drug-likeness (QED) is 0.905. The molecule has 2 aromatic rings. The van der Waals surface area contributed by atoms with Crippen molar-refractivity contribution in [3.05, 3.63) is 41.8 Å². The van der Waals surface area contributed by atoms with Gasteiger partial charge in [0.25, 0.3) is 0 Å². The maximum Gasteiger partial charge on any atom is 0.225 e. The van der Waals surface area contributed by atoms with Gasteiger partial charge < -0.3 is 15.0 Å². The lowest BCUT2D eigenvalue weighted by Gasteiger charge is -2.37. The molecule has 2 fully saturated rings. The van der Waals surface area contributed by atoms with Crippen molar-refractivity contribution in [3.8, 4) is 0 Å². The van der Waals surface area contributed by atoms with Gasteiger partial charge in [-0.3, -0.25) is 0 Å². The summed E-state index contributed by atoms with van der Waals surface area (Å²) in [5, 5.41) is 4.12. The third-order valence-corrected chi connectivity index (χ3v) is 5.50. The van der Waals surface area contributed by atoms with E-state index >= 15 is 0 Å². The van der Waals surface area contributed by atoms with E-state index in [1.165, 1.54) is 0 Å². The van der Waals surface area contributed by atoms with E-state index in [1.807, 2.05) is 24.4 Å². The molecule has 132 valence electrons. The average Bonchev–Trinajstić information content (AvgIpc) is 3.05. The van der Waals surface area contributed by atoms with Crippen molar-refractivity contribution >= 4 is 23.4 Å². The number of hydrogen-bond acceptors (Lipinski definition) is 6. The molecule has 3 heterocycles. The summed E-state index contributed by atoms with van der Waals surface area (Å²) in [5.41, 5.74) is 0. The number of aromatic nitrogens is 3. The van der Waals surface area contributed by atoms with Crippen molar-refractivity contribution in [2.75, 3.05) is 30.4 Å². The number of nitrogens with zero attached hydrogens (tertiary/aromatic N) is 4. The molecular formula is C18H22ClN5O. The van der Waals surface area contributed by atoms with Crippen LogP contribution in [0, 0.1) is 11.8 Å². The molecule has 7 heteroatoms. The van der Waals surface area contributed by atoms with Crippen LogP contribution in [0.15, 0.2) is 36.8 Å². The van der Waals surface area contributed by atoms with E-state index in [0.29, 0.717) is 16.9 Å². The zero-order valence-electron chi connectivity index (χ0n) is 14.2. The Bertz CT molecular complexity index is 698. The fourth-order valence-electron chi connectivity index (χ4n) is 4.10. The monoisotopic (exact) mass is 359 g/mol. The number of fused-ring (bicyclic) bond motifs is 1. The van der Waals surface area contributed by atoms with Crippen molar-refractivity contribution < 1.29 is 4.74 Å². The molecule has 1 N–H and O–H groups in total. The summed E-state index contributed by atoms with van der Waals surface area (Å²) < 4.78 is 5.78. The first kappa shape index (κ1) is 16.5. The SMILES string of the molecule is CO[C@@H]1C[C@H]2CN(c3ncc(Cl)cn3)C[C@H]2C[C@H]1Nc1ccccn1. The van der Waals surface area contributed by atoms with Crippen LogP contribution in [0.5, 0.6) is 0 Å². The van der Waals surface area contributed by atoms with Crippen LogP contribution in [-0.2, 0) is 4.74 Å². The molecule has 25 heavy (non-hydrogen) atoms. The summed E-state index contributed by atoms with van der Waals surface area (Å²) in [7, 11) is 1.80. The number of hydrogen-bond donors (Lipinski definition) is 1. The summed E-state index contributed by atoms with van der Waals surface area (Å²) in [6.07, 6.45) is 7.42. The Balaban J connectivity index is 1.46. The molecule has 1 aliphatic carbocycles. The van der Waals surface area contributed by atoms with Gasteiger partial charge in [-0.25, -0.2) is 15.0 Å². The highest BCUT2D eigenvalue weighted by Gasteiger charge is 2.43. The molecule has 0 aromatic carbocycles. The van der Waals surface area contributed by atoms with Crippen molar-refractivity contribution in [2.24, 2.45) is 11.8 Å². The zero-order valence-corrected chi connectivity index (χ0v) is 14.9. The van der Waals surface area contributed by atoms with E-state index in [4.69, 9.17) is 16.3 Å². The topological polar surface area (TPSA) is 63.2 Å². The lowest BCUT2D eigenvalue weighted by atomic mass is 9.77. The summed E-state index contributed by atoms with van der Waals surface area (Å²) in [6.45, 7) is 1.95. The van der Waals surface area contributed by atoms with E-state index in [2.05, 4.69) is 25.2 Å². The molecule has 4 rings (SSSR count). The third-order valence-electron chi connectivity index (χ3n) is 5.31. The van der Waals surface area contributed by atoms with E-state index in [-0.39, 0.29) is 12.1 Å².